The topological polar surface area (TPSA) is 42.2 Å². The van der Waals surface area contributed by atoms with Crippen LogP contribution < -0.4 is 0 Å². The molecule has 0 atom stereocenters. The summed E-state index contributed by atoms with van der Waals surface area (Å²) in [6.07, 6.45) is 3.90. The van der Waals surface area contributed by atoms with E-state index in [1.807, 2.05) is 6.20 Å². The van der Waals surface area contributed by atoms with Gasteiger partial charge in [-0.15, -0.1) is 0 Å². The van der Waals surface area contributed by atoms with E-state index in [0.717, 1.165) is 55.2 Å². The van der Waals surface area contributed by atoms with Crippen LogP contribution in [-0.2, 0) is 25.9 Å². The van der Waals surface area contributed by atoms with Gasteiger partial charge in [-0.3, -0.25) is 9.88 Å². The van der Waals surface area contributed by atoms with Crippen molar-refractivity contribution in [2.45, 2.75) is 32.9 Å². The van der Waals surface area contributed by atoms with Gasteiger partial charge in [0.2, 0.25) is 0 Å². The Morgan fingerprint density at radius 1 is 1.04 bits per heavy atom. The molecular weight excluding hydrogens is 346 g/mol. The highest BCUT2D eigenvalue weighted by Crippen LogP contribution is 2.34. The number of benzene rings is 2. The Kier molecular flexibility index (Phi) is 4.41. The zero-order chi connectivity index (χ0) is 18.9. The normalized spacial score (nSPS) is 14.3. The van der Waals surface area contributed by atoms with Gasteiger partial charge in [-0.25, -0.2) is 0 Å². The van der Waals surface area contributed by atoms with Crippen molar-refractivity contribution in [1.82, 2.24) is 15.0 Å². The van der Waals surface area contributed by atoms with Crippen LogP contribution in [0.4, 0.5) is 0 Å². The molecule has 5 rings (SSSR count). The van der Waals surface area contributed by atoms with Gasteiger partial charge in [0.05, 0.1) is 5.69 Å². The lowest BCUT2D eigenvalue weighted by molar-refractivity contribution is 0.226. The lowest BCUT2D eigenvalue weighted by atomic mass is 9.97. The smallest absolute Gasteiger partial charge is 0.143 e. The minimum atomic E-state index is 0.842. The van der Waals surface area contributed by atoms with Crippen LogP contribution >= 0.6 is 0 Å². The number of rotatable bonds is 4. The summed E-state index contributed by atoms with van der Waals surface area (Å²) in [6.45, 7) is 4.82. The summed E-state index contributed by atoms with van der Waals surface area (Å²) < 4.78 is 5.73. The number of aromatic nitrogens is 2. The van der Waals surface area contributed by atoms with Crippen molar-refractivity contribution in [1.29, 1.82) is 0 Å². The first kappa shape index (κ1) is 17.1. The minimum Gasteiger partial charge on any atom is -0.360 e. The summed E-state index contributed by atoms with van der Waals surface area (Å²) in [6, 6.07) is 19.2. The Morgan fingerprint density at radius 3 is 2.79 bits per heavy atom. The molecule has 4 heteroatoms. The summed E-state index contributed by atoms with van der Waals surface area (Å²) in [5, 5.41) is 6.91. The fourth-order valence-electron chi connectivity index (χ4n) is 4.03. The molecule has 0 amide bonds. The third-order valence-corrected chi connectivity index (χ3v) is 5.63. The molecule has 28 heavy (non-hydrogen) atoms. The lowest BCUT2D eigenvalue weighted by Crippen LogP contribution is -2.30. The molecule has 0 N–H and O–H groups in total. The van der Waals surface area contributed by atoms with Gasteiger partial charge in [-0.1, -0.05) is 60.6 Å². The maximum atomic E-state index is 5.73. The average molecular weight is 369 g/mol. The predicted octanol–water partition coefficient (Wildman–Crippen LogP) is 5.01. The van der Waals surface area contributed by atoms with Crippen LogP contribution in [0.15, 0.2) is 65.3 Å². The van der Waals surface area contributed by atoms with E-state index in [4.69, 9.17) is 4.52 Å². The lowest BCUT2D eigenvalue weighted by Gasteiger charge is -2.25. The molecule has 1 aliphatic rings. The standard InChI is InChI=1S/C24H23N3O/c1-2-17-10-11-19(25-14-17)15-27-13-12-23-22(16-27)24(26-28-23)21-9-5-7-18-6-3-4-8-20(18)21/h3-11,14H,2,12-13,15-16H2,1H3. The third-order valence-electron chi connectivity index (χ3n) is 5.63. The first-order chi connectivity index (χ1) is 13.8. The van der Waals surface area contributed by atoms with Crippen LogP contribution in [0.25, 0.3) is 22.0 Å². The second kappa shape index (κ2) is 7.21. The second-order valence-corrected chi connectivity index (χ2v) is 7.43. The molecule has 3 heterocycles. The highest BCUT2D eigenvalue weighted by molar-refractivity contribution is 5.96. The van der Waals surface area contributed by atoms with Gasteiger partial charge < -0.3 is 4.52 Å². The molecule has 2 aromatic carbocycles. The van der Waals surface area contributed by atoms with Gasteiger partial charge >= 0.3 is 0 Å². The molecule has 0 bridgehead atoms. The Bertz CT molecular complexity index is 1110. The number of pyridine rings is 1. The highest BCUT2D eigenvalue weighted by atomic mass is 16.5. The Hall–Kier alpha value is -2.98. The third kappa shape index (κ3) is 3.10. The van der Waals surface area contributed by atoms with E-state index in [9.17, 15) is 0 Å². The monoisotopic (exact) mass is 369 g/mol. The number of aryl methyl sites for hydroxylation is 1. The molecule has 0 saturated carbocycles. The maximum Gasteiger partial charge on any atom is 0.143 e. The van der Waals surface area contributed by atoms with Gasteiger partial charge in [-0.05, 0) is 28.8 Å². The molecule has 0 unspecified atom stereocenters. The first-order valence-electron chi connectivity index (χ1n) is 9.93. The van der Waals surface area contributed by atoms with Crippen LogP contribution in [-0.4, -0.2) is 21.6 Å². The molecule has 4 aromatic rings. The zero-order valence-corrected chi connectivity index (χ0v) is 16.1. The summed E-state index contributed by atoms with van der Waals surface area (Å²) in [5.41, 5.74) is 5.74. The van der Waals surface area contributed by atoms with Crippen molar-refractivity contribution in [3.8, 4) is 11.3 Å². The number of nitrogens with zero attached hydrogens (tertiary/aromatic N) is 3. The van der Waals surface area contributed by atoms with E-state index in [0.29, 0.717) is 0 Å². The van der Waals surface area contributed by atoms with E-state index >= 15 is 0 Å². The summed E-state index contributed by atoms with van der Waals surface area (Å²) in [7, 11) is 0. The fourth-order valence-corrected chi connectivity index (χ4v) is 4.03. The van der Waals surface area contributed by atoms with Crippen LogP contribution in [0.2, 0.25) is 0 Å². The van der Waals surface area contributed by atoms with E-state index in [2.05, 4.69) is 76.6 Å². The fraction of sp³-hybridized carbons (Fsp3) is 0.250. The molecule has 2 aromatic heterocycles. The van der Waals surface area contributed by atoms with Gasteiger partial charge in [0.25, 0.3) is 0 Å². The molecule has 4 nitrogen and oxygen atoms in total. The Labute approximate surface area is 164 Å². The van der Waals surface area contributed by atoms with Crippen molar-refractivity contribution in [2.24, 2.45) is 0 Å². The van der Waals surface area contributed by atoms with Gasteiger partial charge in [0.15, 0.2) is 0 Å². The van der Waals surface area contributed by atoms with Crippen LogP contribution in [0.1, 0.15) is 29.5 Å². The molecule has 0 saturated heterocycles. The largest absolute Gasteiger partial charge is 0.360 e. The van der Waals surface area contributed by atoms with E-state index in [1.54, 1.807) is 0 Å². The zero-order valence-electron chi connectivity index (χ0n) is 16.1. The second-order valence-electron chi connectivity index (χ2n) is 7.43. The molecule has 0 fully saturated rings. The summed E-state index contributed by atoms with van der Waals surface area (Å²) in [4.78, 5) is 7.06. The molecule has 140 valence electrons. The van der Waals surface area contributed by atoms with Crippen molar-refractivity contribution in [3.63, 3.8) is 0 Å². The minimum absolute atomic E-state index is 0.842. The first-order valence-corrected chi connectivity index (χ1v) is 9.93. The molecule has 1 aliphatic heterocycles. The van der Waals surface area contributed by atoms with Crippen molar-refractivity contribution < 1.29 is 4.52 Å². The number of fused-ring (bicyclic) bond motifs is 2. The van der Waals surface area contributed by atoms with Crippen LogP contribution in [0, 0.1) is 0 Å². The van der Waals surface area contributed by atoms with Crippen molar-refractivity contribution >= 4 is 10.8 Å². The molecular formula is C24H23N3O. The van der Waals surface area contributed by atoms with E-state index < -0.39 is 0 Å². The maximum absolute atomic E-state index is 5.73. The van der Waals surface area contributed by atoms with Gasteiger partial charge in [0.1, 0.15) is 11.5 Å². The summed E-state index contributed by atoms with van der Waals surface area (Å²) >= 11 is 0. The van der Waals surface area contributed by atoms with Gasteiger partial charge in [0, 0.05) is 43.4 Å². The van der Waals surface area contributed by atoms with Crippen molar-refractivity contribution in [3.05, 3.63) is 83.4 Å². The van der Waals surface area contributed by atoms with Crippen LogP contribution in [0.5, 0.6) is 0 Å². The van der Waals surface area contributed by atoms with E-state index in [-0.39, 0.29) is 0 Å². The SMILES string of the molecule is CCc1ccc(CN2CCc3onc(-c4cccc5ccccc45)c3C2)nc1. The highest BCUT2D eigenvalue weighted by Gasteiger charge is 2.25. The number of hydrogen-bond donors (Lipinski definition) is 0. The average Bonchev–Trinajstić information content (AvgIpc) is 3.17. The predicted molar refractivity (Wildman–Crippen MR) is 111 cm³/mol. The summed E-state index contributed by atoms with van der Waals surface area (Å²) in [5.74, 6) is 1.02. The molecule has 0 radical (unpaired) electrons. The quantitative estimate of drug-likeness (QED) is 0.507. The number of hydrogen-bond acceptors (Lipinski definition) is 4. The van der Waals surface area contributed by atoms with E-state index in [1.165, 1.54) is 21.9 Å². The Balaban J connectivity index is 1.45. The van der Waals surface area contributed by atoms with Gasteiger partial charge in [-0.2, -0.15) is 0 Å². The molecule has 0 aliphatic carbocycles. The molecule has 0 spiro atoms. The Morgan fingerprint density at radius 2 is 1.93 bits per heavy atom. The van der Waals surface area contributed by atoms with Crippen LogP contribution in [0.3, 0.4) is 0 Å². The van der Waals surface area contributed by atoms with Crippen molar-refractivity contribution in [2.75, 3.05) is 6.54 Å².